The second kappa shape index (κ2) is 6.85. The van der Waals surface area contributed by atoms with Crippen LogP contribution in [0.25, 0.3) is 0 Å². The molecule has 1 aliphatic heterocycles. The predicted molar refractivity (Wildman–Crippen MR) is 87.8 cm³/mol. The molecule has 6 nitrogen and oxygen atoms in total. The van der Waals surface area contributed by atoms with Crippen molar-refractivity contribution in [3.8, 4) is 0 Å². The van der Waals surface area contributed by atoms with Crippen molar-refractivity contribution in [2.45, 2.75) is 25.6 Å². The number of fused-ring (bicyclic) bond motifs is 1. The van der Waals surface area contributed by atoms with Crippen molar-refractivity contribution in [1.29, 1.82) is 0 Å². The van der Waals surface area contributed by atoms with Crippen molar-refractivity contribution >= 4 is 11.8 Å². The fourth-order valence-electron chi connectivity index (χ4n) is 2.87. The van der Waals surface area contributed by atoms with Gasteiger partial charge in [0.2, 0.25) is 0 Å². The lowest BCUT2D eigenvalue weighted by Crippen LogP contribution is -2.34. The van der Waals surface area contributed by atoms with Crippen LogP contribution in [0.2, 0.25) is 0 Å². The Kier molecular flexibility index (Phi) is 4.85. The van der Waals surface area contributed by atoms with Gasteiger partial charge in [0.1, 0.15) is 5.82 Å². The van der Waals surface area contributed by atoms with Gasteiger partial charge >= 0.3 is 0 Å². The van der Waals surface area contributed by atoms with Crippen molar-refractivity contribution in [1.82, 2.24) is 24.2 Å². The predicted octanol–water partition coefficient (Wildman–Crippen LogP) is 1.27. The number of hydrogen-bond donors (Lipinski definition) is 1. The van der Waals surface area contributed by atoms with Crippen molar-refractivity contribution in [2.24, 2.45) is 7.05 Å². The summed E-state index contributed by atoms with van der Waals surface area (Å²) in [5.41, 5.74) is 1.87. The van der Waals surface area contributed by atoms with Crippen LogP contribution in [-0.4, -0.2) is 54.4 Å². The lowest BCUT2D eigenvalue weighted by atomic mass is 10.2. The van der Waals surface area contributed by atoms with E-state index in [4.69, 9.17) is 0 Å². The summed E-state index contributed by atoms with van der Waals surface area (Å²) in [6.45, 7) is 3.96. The highest BCUT2D eigenvalue weighted by Crippen LogP contribution is 2.22. The van der Waals surface area contributed by atoms with Crippen LogP contribution in [0.5, 0.6) is 0 Å². The number of nitrogens with zero attached hydrogens (tertiary/aromatic N) is 5. The molecule has 0 amide bonds. The average molecular weight is 321 g/mol. The maximum Gasteiger partial charge on any atom is 0.155 e. The molecule has 0 fully saturated rings. The van der Waals surface area contributed by atoms with E-state index in [9.17, 15) is 5.11 Å². The molecule has 0 saturated heterocycles. The minimum Gasteiger partial charge on any atom is -0.379 e. The average Bonchev–Trinajstić information content (AvgIpc) is 3.12. The summed E-state index contributed by atoms with van der Waals surface area (Å²) in [6.07, 6.45) is 6.14. The SMILES string of the molecule is CSCCCN1CCn2nc(C(O)c3nccn3C)cc2C1. The summed E-state index contributed by atoms with van der Waals surface area (Å²) < 4.78 is 3.85. The normalized spacial score (nSPS) is 16.7. The van der Waals surface area contributed by atoms with Crippen LogP contribution in [0.4, 0.5) is 0 Å². The van der Waals surface area contributed by atoms with E-state index in [1.807, 2.05) is 40.3 Å². The fraction of sp³-hybridized carbons (Fsp3) is 0.600. The standard InChI is InChI=1S/C15H23N5OS/c1-18-6-4-16-15(18)14(21)13-10-12-11-19(5-3-9-22-2)7-8-20(12)17-13/h4,6,10,14,21H,3,5,7-9,11H2,1-2H3. The Hall–Kier alpha value is -1.31. The van der Waals surface area contributed by atoms with Gasteiger partial charge in [-0.2, -0.15) is 16.9 Å². The summed E-state index contributed by atoms with van der Waals surface area (Å²) >= 11 is 1.90. The maximum absolute atomic E-state index is 10.5. The molecule has 22 heavy (non-hydrogen) atoms. The van der Waals surface area contributed by atoms with E-state index in [1.54, 1.807) is 6.20 Å². The zero-order chi connectivity index (χ0) is 15.5. The Morgan fingerprint density at radius 2 is 2.27 bits per heavy atom. The highest BCUT2D eigenvalue weighted by atomic mass is 32.2. The van der Waals surface area contributed by atoms with Crippen molar-refractivity contribution in [2.75, 3.05) is 25.1 Å². The van der Waals surface area contributed by atoms with Crippen LogP contribution in [0.3, 0.4) is 0 Å². The summed E-state index contributed by atoms with van der Waals surface area (Å²) in [5.74, 6) is 1.84. The monoisotopic (exact) mass is 321 g/mol. The van der Waals surface area contributed by atoms with E-state index < -0.39 is 6.10 Å². The first-order chi connectivity index (χ1) is 10.7. The minimum absolute atomic E-state index is 0.632. The van der Waals surface area contributed by atoms with Crippen molar-refractivity contribution in [3.05, 3.63) is 35.7 Å². The molecule has 1 atom stereocenters. The molecule has 0 bridgehead atoms. The Balaban J connectivity index is 1.69. The molecular weight excluding hydrogens is 298 g/mol. The van der Waals surface area contributed by atoms with Gasteiger partial charge in [0.05, 0.1) is 17.9 Å². The lowest BCUT2D eigenvalue weighted by molar-refractivity contribution is 0.196. The molecule has 120 valence electrons. The molecule has 0 spiro atoms. The molecule has 3 heterocycles. The molecular formula is C15H23N5OS. The van der Waals surface area contributed by atoms with E-state index in [2.05, 4.69) is 21.2 Å². The van der Waals surface area contributed by atoms with Crippen molar-refractivity contribution in [3.63, 3.8) is 0 Å². The number of aromatic nitrogens is 4. The number of aliphatic hydroxyl groups excluding tert-OH is 1. The van der Waals surface area contributed by atoms with E-state index in [1.165, 1.54) is 17.9 Å². The molecule has 1 unspecified atom stereocenters. The van der Waals surface area contributed by atoms with E-state index in [0.29, 0.717) is 11.5 Å². The smallest absolute Gasteiger partial charge is 0.155 e. The Morgan fingerprint density at radius 3 is 3.00 bits per heavy atom. The quantitative estimate of drug-likeness (QED) is 0.812. The van der Waals surface area contributed by atoms with Crippen molar-refractivity contribution < 1.29 is 5.11 Å². The number of aryl methyl sites for hydroxylation is 1. The number of aliphatic hydroxyl groups is 1. The number of hydrogen-bond acceptors (Lipinski definition) is 5. The molecule has 1 N–H and O–H groups in total. The van der Waals surface area contributed by atoms with Crippen LogP contribution in [-0.2, 0) is 20.1 Å². The fourth-order valence-corrected chi connectivity index (χ4v) is 3.29. The van der Waals surface area contributed by atoms with Gasteiger partial charge in [-0.25, -0.2) is 4.98 Å². The summed E-state index contributed by atoms with van der Waals surface area (Å²) in [6, 6.07) is 2.01. The Bertz CT molecular complexity index is 623. The second-order valence-corrected chi connectivity index (χ2v) is 6.69. The molecule has 0 saturated carbocycles. The first-order valence-electron chi connectivity index (χ1n) is 7.62. The lowest BCUT2D eigenvalue weighted by Gasteiger charge is -2.27. The Labute approximate surface area is 135 Å². The molecule has 2 aromatic rings. The number of rotatable bonds is 6. The van der Waals surface area contributed by atoms with Gasteiger partial charge in [-0.3, -0.25) is 9.58 Å². The molecule has 2 aromatic heterocycles. The molecule has 0 aromatic carbocycles. The summed E-state index contributed by atoms with van der Waals surface area (Å²) in [5, 5.41) is 15.0. The van der Waals surface area contributed by atoms with Crippen LogP contribution in [0, 0.1) is 0 Å². The summed E-state index contributed by atoms with van der Waals surface area (Å²) in [7, 11) is 1.88. The molecule has 0 aliphatic carbocycles. The van der Waals surface area contributed by atoms with Gasteiger partial charge in [0.15, 0.2) is 6.10 Å². The van der Waals surface area contributed by atoms with Crippen LogP contribution in [0.1, 0.15) is 29.7 Å². The van der Waals surface area contributed by atoms with E-state index >= 15 is 0 Å². The first-order valence-corrected chi connectivity index (χ1v) is 9.01. The molecule has 3 rings (SSSR count). The first kappa shape index (κ1) is 15.6. The zero-order valence-corrected chi connectivity index (χ0v) is 14.0. The van der Waals surface area contributed by atoms with Gasteiger partial charge in [0, 0.05) is 32.5 Å². The summed E-state index contributed by atoms with van der Waals surface area (Å²) in [4.78, 5) is 6.68. The minimum atomic E-state index is -0.761. The number of thioether (sulfide) groups is 1. The third-order valence-corrected chi connectivity index (χ3v) is 4.80. The van der Waals surface area contributed by atoms with Gasteiger partial charge in [-0.15, -0.1) is 0 Å². The Morgan fingerprint density at radius 1 is 1.41 bits per heavy atom. The maximum atomic E-state index is 10.5. The second-order valence-electron chi connectivity index (χ2n) is 5.71. The topological polar surface area (TPSA) is 59.1 Å². The third-order valence-electron chi connectivity index (χ3n) is 4.10. The molecule has 0 radical (unpaired) electrons. The largest absolute Gasteiger partial charge is 0.379 e. The zero-order valence-electron chi connectivity index (χ0n) is 13.1. The molecule has 1 aliphatic rings. The highest BCUT2D eigenvalue weighted by Gasteiger charge is 2.23. The highest BCUT2D eigenvalue weighted by molar-refractivity contribution is 7.98. The van der Waals surface area contributed by atoms with Crippen LogP contribution >= 0.6 is 11.8 Å². The van der Waals surface area contributed by atoms with Crippen LogP contribution in [0.15, 0.2) is 18.5 Å². The van der Waals surface area contributed by atoms with E-state index in [-0.39, 0.29) is 0 Å². The van der Waals surface area contributed by atoms with Gasteiger partial charge < -0.3 is 9.67 Å². The molecule has 7 heteroatoms. The van der Waals surface area contributed by atoms with Crippen LogP contribution < -0.4 is 0 Å². The number of imidazole rings is 1. The van der Waals surface area contributed by atoms with Gasteiger partial charge in [-0.05, 0) is 31.0 Å². The van der Waals surface area contributed by atoms with Gasteiger partial charge in [0.25, 0.3) is 0 Å². The third kappa shape index (κ3) is 3.21. The van der Waals surface area contributed by atoms with Gasteiger partial charge in [-0.1, -0.05) is 0 Å². The van der Waals surface area contributed by atoms with E-state index in [0.717, 1.165) is 26.2 Å².